The number of carbonyl (C=O) groups excluding carboxylic acids is 2. The van der Waals surface area contributed by atoms with Crippen molar-refractivity contribution in [1.82, 2.24) is 9.88 Å². The molecule has 2 aromatic carbocycles. The molecular formula is C31H38N4O6S2. The van der Waals surface area contributed by atoms with E-state index < -0.39 is 0 Å². The average molecular weight is 627 g/mol. The molecule has 2 heterocycles. The summed E-state index contributed by atoms with van der Waals surface area (Å²) in [6.45, 7) is 6.68. The smallest absolute Gasteiger partial charge is 0.231 e. The second-order valence-electron chi connectivity index (χ2n) is 10.1. The molecule has 2 N–H and O–H groups in total. The van der Waals surface area contributed by atoms with E-state index in [0.29, 0.717) is 47.2 Å². The van der Waals surface area contributed by atoms with Gasteiger partial charge in [-0.25, -0.2) is 0 Å². The lowest BCUT2D eigenvalue weighted by Gasteiger charge is -2.26. The highest BCUT2D eigenvalue weighted by Gasteiger charge is 2.24. The summed E-state index contributed by atoms with van der Waals surface area (Å²) in [4.78, 5) is 33.7. The number of hydrogen-bond donors (Lipinski definition) is 1. The van der Waals surface area contributed by atoms with Crippen LogP contribution in [0, 0.1) is 6.92 Å². The van der Waals surface area contributed by atoms with Gasteiger partial charge < -0.3 is 34.5 Å². The van der Waals surface area contributed by atoms with Crippen LogP contribution in [0.1, 0.15) is 32.3 Å². The molecule has 0 aliphatic carbocycles. The zero-order chi connectivity index (χ0) is 31.1. The standard InChI is InChI=1S/C31H38N4O6S2/c1-7-29(32)43-42-20(3)8-9-30(37)34(4)10-11-35(17-36)31-22-14-27-28(41-18-40-27)15-24(22)33-16-23(31)21-13-26(39-6)25(38-5)12-19(21)2/h7,12-17,20H,8-11,18,32H2,1-6H3/b29-7+. The highest BCUT2D eigenvalue weighted by atomic mass is 33.1. The summed E-state index contributed by atoms with van der Waals surface area (Å²) < 4.78 is 22.3. The fraction of sp³-hybridized carbons (Fsp3) is 0.387. The van der Waals surface area contributed by atoms with Crippen LogP contribution in [-0.2, 0) is 9.59 Å². The van der Waals surface area contributed by atoms with Crippen molar-refractivity contribution in [3.05, 3.63) is 47.1 Å². The van der Waals surface area contributed by atoms with Crippen LogP contribution in [0.3, 0.4) is 0 Å². The number of carbonyl (C=O) groups is 2. The molecule has 43 heavy (non-hydrogen) atoms. The monoisotopic (exact) mass is 626 g/mol. The molecule has 12 heteroatoms. The Kier molecular flexibility index (Phi) is 10.9. The van der Waals surface area contributed by atoms with Gasteiger partial charge >= 0.3 is 0 Å². The molecule has 1 atom stereocenters. The average Bonchev–Trinajstić information content (AvgIpc) is 3.48. The fourth-order valence-electron chi connectivity index (χ4n) is 4.70. The Labute approximate surface area is 260 Å². The predicted octanol–water partition coefficient (Wildman–Crippen LogP) is 5.75. The van der Waals surface area contributed by atoms with Gasteiger partial charge in [0.1, 0.15) is 0 Å². The van der Waals surface area contributed by atoms with E-state index in [1.54, 1.807) is 48.1 Å². The summed E-state index contributed by atoms with van der Waals surface area (Å²) >= 11 is 0. The quantitative estimate of drug-likeness (QED) is 0.175. The third-order valence-electron chi connectivity index (χ3n) is 7.23. The molecule has 0 saturated carbocycles. The number of ether oxygens (including phenoxy) is 4. The Morgan fingerprint density at radius 3 is 2.49 bits per heavy atom. The number of hydrogen-bond acceptors (Lipinski definition) is 10. The highest BCUT2D eigenvalue weighted by molar-refractivity contribution is 8.78. The van der Waals surface area contributed by atoms with Gasteiger partial charge in [-0.2, -0.15) is 0 Å². The second kappa shape index (κ2) is 14.6. The first kappa shape index (κ1) is 32.2. The van der Waals surface area contributed by atoms with Crippen molar-refractivity contribution in [2.24, 2.45) is 5.73 Å². The first-order chi connectivity index (χ1) is 20.7. The number of aryl methyl sites for hydroxylation is 1. The first-order valence-electron chi connectivity index (χ1n) is 13.9. The molecule has 3 aromatic rings. The summed E-state index contributed by atoms with van der Waals surface area (Å²) in [6.07, 6.45) is 5.52. The third-order valence-corrected chi connectivity index (χ3v) is 10.2. The van der Waals surface area contributed by atoms with Gasteiger partial charge in [0.05, 0.1) is 30.5 Å². The zero-order valence-electron chi connectivity index (χ0n) is 25.3. The van der Waals surface area contributed by atoms with Gasteiger partial charge in [-0.3, -0.25) is 14.6 Å². The first-order valence-corrected chi connectivity index (χ1v) is 16.1. The Balaban J connectivity index is 1.63. The Morgan fingerprint density at radius 1 is 1.12 bits per heavy atom. The molecule has 1 aliphatic rings. The van der Waals surface area contributed by atoms with Crippen LogP contribution < -0.4 is 29.6 Å². The van der Waals surface area contributed by atoms with Crippen molar-refractivity contribution < 1.29 is 28.5 Å². The van der Waals surface area contributed by atoms with Gasteiger partial charge in [0.15, 0.2) is 23.0 Å². The lowest BCUT2D eigenvalue weighted by molar-refractivity contribution is -0.130. The number of rotatable bonds is 14. The molecule has 0 saturated heterocycles. The Morgan fingerprint density at radius 2 is 1.81 bits per heavy atom. The van der Waals surface area contributed by atoms with Gasteiger partial charge in [0, 0.05) is 55.0 Å². The van der Waals surface area contributed by atoms with Crippen LogP contribution in [0.4, 0.5) is 5.69 Å². The number of aromatic nitrogens is 1. The maximum Gasteiger partial charge on any atom is 0.231 e. The fourth-order valence-corrected chi connectivity index (χ4v) is 6.69. The SMILES string of the molecule is C/C=C(\N)SSC(C)CCC(=O)N(C)CCN(C=O)c1c(-c2cc(OC)c(OC)cc2C)cnc2cc3c(cc12)OCO3. The van der Waals surface area contributed by atoms with Gasteiger partial charge in [-0.05, 0) is 60.4 Å². The number of allylic oxidation sites excluding steroid dienone is 1. The van der Waals surface area contributed by atoms with E-state index in [1.165, 1.54) is 10.8 Å². The summed E-state index contributed by atoms with van der Waals surface area (Å²) in [7, 11) is 8.11. The molecule has 0 bridgehead atoms. The van der Waals surface area contributed by atoms with Crippen LogP contribution in [0.25, 0.3) is 22.0 Å². The van der Waals surface area contributed by atoms with Crippen LogP contribution >= 0.6 is 21.6 Å². The molecule has 230 valence electrons. The molecule has 1 unspecified atom stereocenters. The normalized spacial score (nSPS) is 13.1. The van der Waals surface area contributed by atoms with Gasteiger partial charge in [0.2, 0.25) is 19.1 Å². The van der Waals surface area contributed by atoms with E-state index >= 15 is 0 Å². The third kappa shape index (κ3) is 7.42. The summed E-state index contributed by atoms with van der Waals surface area (Å²) in [6, 6.07) is 7.44. The van der Waals surface area contributed by atoms with Crippen molar-refractivity contribution in [2.45, 2.75) is 38.9 Å². The molecule has 0 fully saturated rings. The number of nitrogens with zero attached hydrogens (tertiary/aromatic N) is 3. The predicted molar refractivity (Wildman–Crippen MR) is 174 cm³/mol. The largest absolute Gasteiger partial charge is 0.493 e. The topological polar surface area (TPSA) is 116 Å². The summed E-state index contributed by atoms with van der Waals surface area (Å²) in [5.74, 6) is 2.36. The number of pyridine rings is 1. The molecule has 1 aromatic heterocycles. The van der Waals surface area contributed by atoms with Crippen LogP contribution in [0.15, 0.2) is 41.6 Å². The molecule has 2 amide bonds. The number of nitrogens with two attached hydrogens (primary N) is 1. The molecule has 1 aliphatic heterocycles. The molecule has 0 radical (unpaired) electrons. The molecular weight excluding hydrogens is 588 g/mol. The Hall–Kier alpha value is -3.77. The van der Waals surface area contributed by atoms with E-state index in [2.05, 4.69) is 6.92 Å². The van der Waals surface area contributed by atoms with E-state index in [0.717, 1.165) is 39.9 Å². The molecule has 0 spiro atoms. The number of benzene rings is 2. The minimum Gasteiger partial charge on any atom is -0.493 e. The van der Waals surface area contributed by atoms with E-state index in [-0.39, 0.29) is 24.5 Å². The maximum atomic E-state index is 13.0. The molecule has 10 nitrogen and oxygen atoms in total. The molecule has 4 rings (SSSR count). The zero-order valence-corrected chi connectivity index (χ0v) is 27.0. The minimum absolute atomic E-state index is 0.0150. The van der Waals surface area contributed by atoms with Gasteiger partial charge in [0.25, 0.3) is 0 Å². The van der Waals surface area contributed by atoms with Crippen molar-refractivity contribution in [2.75, 3.05) is 46.0 Å². The lowest BCUT2D eigenvalue weighted by atomic mass is 9.96. The number of likely N-dealkylation sites (N-methyl/N-ethyl adjacent to an activating group) is 1. The Bertz CT molecular complexity index is 1520. The second-order valence-corrected chi connectivity index (χ2v) is 12.8. The minimum atomic E-state index is 0.0150. The van der Waals surface area contributed by atoms with E-state index in [9.17, 15) is 9.59 Å². The maximum absolute atomic E-state index is 13.0. The number of anilines is 1. The number of fused-ring (bicyclic) bond motifs is 2. The summed E-state index contributed by atoms with van der Waals surface area (Å²) in [5.41, 5.74) is 9.65. The van der Waals surface area contributed by atoms with Crippen LogP contribution in [0.2, 0.25) is 0 Å². The van der Waals surface area contributed by atoms with Crippen molar-refractivity contribution in [1.29, 1.82) is 0 Å². The highest BCUT2D eigenvalue weighted by Crippen LogP contribution is 2.45. The van der Waals surface area contributed by atoms with Gasteiger partial charge in [-0.1, -0.05) is 23.8 Å². The van der Waals surface area contributed by atoms with Crippen LogP contribution in [0.5, 0.6) is 23.0 Å². The number of amides is 2. The van der Waals surface area contributed by atoms with Crippen molar-refractivity contribution in [3.8, 4) is 34.1 Å². The van der Waals surface area contributed by atoms with Crippen molar-refractivity contribution in [3.63, 3.8) is 0 Å². The number of methoxy groups -OCH3 is 2. The van der Waals surface area contributed by atoms with E-state index in [4.69, 9.17) is 29.7 Å². The van der Waals surface area contributed by atoms with Crippen molar-refractivity contribution >= 4 is 50.5 Å². The van der Waals surface area contributed by atoms with E-state index in [1.807, 2.05) is 44.2 Å². The van der Waals surface area contributed by atoms with Crippen LogP contribution in [-0.4, -0.2) is 68.6 Å². The summed E-state index contributed by atoms with van der Waals surface area (Å²) in [5, 5.41) is 1.74. The van der Waals surface area contributed by atoms with Gasteiger partial charge in [-0.15, -0.1) is 0 Å². The lowest BCUT2D eigenvalue weighted by Crippen LogP contribution is -2.36.